The highest BCUT2D eigenvalue weighted by molar-refractivity contribution is 5.87. The van der Waals surface area contributed by atoms with Crippen LogP contribution in [-0.2, 0) is 25.3 Å². The number of ether oxygens (including phenoxy) is 1. The Morgan fingerprint density at radius 1 is 1.19 bits per heavy atom. The molecule has 150 valence electrons. The molecule has 0 aliphatic rings. The van der Waals surface area contributed by atoms with Gasteiger partial charge in [0.1, 0.15) is 6.04 Å². The fourth-order valence-electron chi connectivity index (χ4n) is 2.21. The van der Waals surface area contributed by atoms with E-state index in [0.717, 1.165) is 12.1 Å². The van der Waals surface area contributed by atoms with Crippen LogP contribution in [0.15, 0.2) is 24.3 Å². The van der Waals surface area contributed by atoms with E-state index in [2.05, 4.69) is 5.32 Å². The van der Waals surface area contributed by atoms with Crippen molar-refractivity contribution in [3.63, 3.8) is 0 Å². The van der Waals surface area contributed by atoms with Crippen LogP contribution in [0.25, 0.3) is 0 Å². The molecule has 0 aliphatic carbocycles. The largest absolute Gasteiger partial charge is 0.480 e. The number of aliphatic hydroxyl groups is 1. The molecule has 0 fully saturated rings. The van der Waals surface area contributed by atoms with Crippen LogP contribution in [0.2, 0.25) is 0 Å². The fraction of sp³-hybridized carbons (Fsp3) is 0.471. The SMILES string of the molecule is CCOC(=O)[C@@H](C)C[C@H](NC(=O)[C@H](O)c1ccc(C(F)(F)F)cc1)C(=O)O. The standard InChI is InChI=1S/C17H20F3NO6/c1-3-27-16(26)9(2)8-12(15(24)25)21-14(23)13(22)10-4-6-11(7-5-10)17(18,19)20/h4-7,9,12-13,22H,3,8H2,1-2H3,(H,21,23)(H,24,25)/t9-,12-,13+/m0/s1. The molecule has 1 amide bonds. The first kappa shape index (κ1) is 22.4. The van der Waals surface area contributed by atoms with Crippen molar-refractivity contribution in [2.24, 2.45) is 5.92 Å². The molecule has 1 aromatic rings. The zero-order valence-corrected chi connectivity index (χ0v) is 14.6. The number of alkyl halides is 3. The minimum Gasteiger partial charge on any atom is -0.480 e. The Labute approximate surface area is 153 Å². The summed E-state index contributed by atoms with van der Waals surface area (Å²) in [4.78, 5) is 34.9. The number of aliphatic hydroxyl groups excluding tert-OH is 1. The molecule has 0 bridgehead atoms. The van der Waals surface area contributed by atoms with Crippen molar-refractivity contribution in [3.05, 3.63) is 35.4 Å². The predicted octanol–water partition coefficient (Wildman–Crippen LogP) is 1.90. The highest BCUT2D eigenvalue weighted by Gasteiger charge is 2.32. The fourth-order valence-corrected chi connectivity index (χ4v) is 2.21. The number of amides is 1. The highest BCUT2D eigenvalue weighted by atomic mass is 19.4. The van der Waals surface area contributed by atoms with Crippen molar-refractivity contribution >= 4 is 17.8 Å². The Morgan fingerprint density at radius 3 is 2.19 bits per heavy atom. The Hall–Kier alpha value is -2.62. The molecule has 0 saturated heterocycles. The summed E-state index contributed by atoms with van der Waals surface area (Å²) in [5, 5.41) is 21.2. The maximum absolute atomic E-state index is 12.5. The number of hydrogen-bond donors (Lipinski definition) is 3. The van der Waals surface area contributed by atoms with E-state index in [1.807, 2.05) is 0 Å². The molecular weight excluding hydrogens is 371 g/mol. The number of aliphatic carboxylic acids is 1. The van der Waals surface area contributed by atoms with Crippen LogP contribution in [0.1, 0.15) is 37.5 Å². The van der Waals surface area contributed by atoms with Crippen molar-refractivity contribution in [3.8, 4) is 0 Å². The van der Waals surface area contributed by atoms with Crippen molar-refractivity contribution in [1.82, 2.24) is 5.32 Å². The van der Waals surface area contributed by atoms with Gasteiger partial charge in [-0.2, -0.15) is 13.2 Å². The molecule has 1 rings (SSSR count). The average Bonchev–Trinajstić information content (AvgIpc) is 2.59. The second-order valence-electron chi connectivity index (χ2n) is 5.81. The summed E-state index contributed by atoms with van der Waals surface area (Å²) in [6, 6.07) is 1.75. The van der Waals surface area contributed by atoms with Crippen molar-refractivity contribution < 1.29 is 42.5 Å². The molecule has 7 nitrogen and oxygen atoms in total. The monoisotopic (exact) mass is 391 g/mol. The van der Waals surface area contributed by atoms with E-state index in [1.54, 1.807) is 6.92 Å². The molecule has 0 aliphatic heterocycles. The van der Waals surface area contributed by atoms with Crippen LogP contribution < -0.4 is 5.32 Å². The minimum absolute atomic E-state index is 0.111. The molecule has 3 N–H and O–H groups in total. The number of nitrogens with one attached hydrogen (secondary N) is 1. The molecule has 0 unspecified atom stereocenters. The first-order chi connectivity index (χ1) is 12.5. The minimum atomic E-state index is -4.57. The van der Waals surface area contributed by atoms with Gasteiger partial charge in [0.05, 0.1) is 18.1 Å². The number of carbonyl (C=O) groups excluding carboxylic acids is 2. The van der Waals surface area contributed by atoms with Crippen LogP contribution in [0.3, 0.4) is 0 Å². The zero-order valence-electron chi connectivity index (χ0n) is 14.6. The van der Waals surface area contributed by atoms with Gasteiger partial charge >= 0.3 is 18.1 Å². The smallest absolute Gasteiger partial charge is 0.416 e. The van der Waals surface area contributed by atoms with Crippen molar-refractivity contribution in [1.29, 1.82) is 0 Å². The van der Waals surface area contributed by atoms with Gasteiger partial charge in [-0.1, -0.05) is 19.1 Å². The summed E-state index contributed by atoms with van der Waals surface area (Å²) in [6.45, 7) is 3.12. The van der Waals surface area contributed by atoms with Gasteiger partial charge in [-0.25, -0.2) is 4.79 Å². The van der Waals surface area contributed by atoms with Gasteiger partial charge in [-0.05, 0) is 31.0 Å². The van der Waals surface area contributed by atoms with Crippen LogP contribution in [0, 0.1) is 5.92 Å². The van der Waals surface area contributed by atoms with E-state index in [-0.39, 0.29) is 18.6 Å². The molecule has 1 aromatic carbocycles. The summed E-state index contributed by atoms with van der Waals surface area (Å²) < 4.78 is 42.4. The molecule has 0 spiro atoms. The van der Waals surface area contributed by atoms with E-state index in [9.17, 15) is 37.8 Å². The Bertz CT molecular complexity index is 674. The molecule has 0 radical (unpaired) electrons. The number of hydrogen-bond acceptors (Lipinski definition) is 5. The number of rotatable bonds is 8. The molecule has 0 saturated carbocycles. The van der Waals surface area contributed by atoms with Gasteiger partial charge in [-0.3, -0.25) is 9.59 Å². The molecule has 27 heavy (non-hydrogen) atoms. The number of benzene rings is 1. The van der Waals surface area contributed by atoms with Gasteiger partial charge in [0.2, 0.25) is 0 Å². The summed E-state index contributed by atoms with van der Waals surface area (Å²) in [7, 11) is 0. The number of carboxylic acids is 1. The lowest BCUT2D eigenvalue weighted by molar-refractivity contribution is -0.150. The van der Waals surface area contributed by atoms with Crippen molar-refractivity contribution in [2.45, 2.75) is 38.6 Å². The molecular formula is C17H20F3NO6. The number of halogens is 3. The molecule has 0 aromatic heterocycles. The quantitative estimate of drug-likeness (QED) is 0.584. The third-order valence-corrected chi connectivity index (χ3v) is 3.69. The number of carboxylic acid groups (broad SMARTS) is 1. The summed E-state index contributed by atoms with van der Waals surface area (Å²) in [5.74, 6) is -4.01. The lowest BCUT2D eigenvalue weighted by atomic mass is 10.0. The molecule has 0 heterocycles. The van der Waals surface area contributed by atoms with E-state index in [4.69, 9.17) is 4.74 Å². The number of esters is 1. The van der Waals surface area contributed by atoms with E-state index in [1.165, 1.54) is 6.92 Å². The predicted molar refractivity (Wildman–Crippen MR) is 86.4 cm³/mol. The average molecular weight is 391 g/mol. The van der Waals surface area contributed by atoms with Crippen LogP contribution in [0.5, 0.6) is 0 Å². The zero-order chi connectivity index (χ0) is 20.8. The first-order valence-corrected chi connectivity index (χ1v) is 8.02. The normalized spacial score (nSPS) is 14.7. The molecule has 3 atom stereocenters. The maximum Gasteiger partial charge on any atom is 0.416 e. The van der Waals surface area contributed by atoms with Crippen LogP contribution >= 0.6 is 0 Å². The lowest BCUT2D eigenvalue weighted by Gasteiger charge is -2.20. The topological polar surface area (TPSA) is 113 Å². The van der Waals surface area contributed by atoms with Gasteiger partial charge in [0, 0.05) is 0 Å². The van der Waals surface area contributed by atoms with E-state index >= 15 is 0 Å². The summed E-state index contributed by atoms with van der Waals surface area (Å²) >= 11 is 0. The second kappa shape index (κ2) is 9.36. The van der Waals surface area contributed by atoms with Gasteiger partial charge < -0.3 is 20.3 Å². The maximum atomic E-state index is 12.5. The van der Waals surface area contributed by atoms with Gasteiger partial charge in [-0.15, -0.1) is 0 Å². The third-order valence-electron chi connectivity index (χ3n) is 3.69. The first-order valence-electron chi connectivity index (χ1n) is 8.02. The van der Waals surface area contributed by atoms with E-state index < -0.39 is 47.6 Å². The molecule has 10 heteroatoms. The Balaban J connectivity index is 2.80. The van der Waals surface area contributed by atoms with Crippen molar-refractivity contribution in [2.75, 3.05) is 6.61 Å². The van der Waals surface area contributed by atoms with E-state index in [0.29, 0.717) is 12.1 Å². The highest BCUT2D eigenvalue weighted by Crippen LogP contribution is 2.30. The van der Waals surface area contributed by atoms with Crippen LogP contribution in [0.4, 0.5) is 13.2 Å². The second-order valence-corrected chi connectivity index (χ2v) is 5.81. The Morgan fingerprint density at radius 2 is 1.74 bits per heavy atom. The summed E-state index contributed by atoms with van der Waals surface area (Å²) in [5.41, 5.74) is -1.09. The summed E-state index contributed by atoms with van der Waals surface area (Å²) in [6.07, 6.45) is -6.71. The number of carbonyl (C=O) groups is 3. The lowest BCUT2D eigenvalue weighted by Crippen LogP contribution is -2.44. The van der Waals surface area contributed by atoms with Gasteiger partial charge in [0.25, 0.3) is 5.91 Å². The van der Waals surface area contributed by atoms with Gasteiger partial charge in [0.15, 0.2) is 6.10 Å². The Kier molecular flexibility index (Phi) is 7.77. The third kappa shape index (κ3) is 6.55. The van der Waals surface area contributed by atoms with Crippen LogP contribution in [-0.4, -0.2) is 40.7 Å².